The van der Waals surface area contributed by atoms with Crippen LogP contribution < -0.4 is 0 Å². The third kappa shape index (κ3) is 6.61. The van der Waals surface area contributed by atoms with Crippen LogP contribution in [0.15, 0.2) is 77.7 Å². The Bertz CT molecular complexity index is 1050. The van der Waals surface area contributed by atoms with E-state index in [2.05, 4.69) is 28.4 Å². The van der Waals surface area contributed by atoms with Crippen molar-refractivity contribution in [3.05, 3.63) is 95.1 Å². The lowest BCUT2D eigenvalue weighted by molar-refractivity contribution is 0.252. The molecule has 152 valence electrons. The van der Waals surface area contributed by atoms with E-state index >= 15 is 0 Å². The van der Waals surface area contributed by atoms with Crippen molar-refractivity contribution in [2.24, 2.45) is 0 Å². The number of hydrogen-bond donors (Lipinski definition) is 1. The molecule has 0 aromatic heterocycles. The van der Waals surface area contributed by atoms with Gasteiger partial charge < -0.3 is 9.66 Å². The number of benzene rings is 3. The van der Waals surface area contributed by atoms with Gasteiger partial charge in [0.1, 0.15) is 17.3 Å². The molecule has 5 nitrogen and oxygen atoms in total. The minimum Gasteiger partial charge on any atom is -0.726 e. The summed E-state index contributed by atoms with van der Waals surface area (Å²) in [6.45, 7) is 1.77. The number of rotatable bonds is 8. The molecule has 3 aromatic carbocycles. The number of aromatic hydroxyl groups is 1. The first-order chi connectivity index (χ1) is 13.8. The summed E-state index contributed by atoms with van der Waals surface area (Å²) in [6, 6.07) is 22.9. The fourth-order valence-corrected chi connectivity index (χ4v) is 5.38. The Labute approximate surface area is 174 Å². The van der Waals surface area contributed by atoms with Gasteiger partial charge in [-0.3, -0.25) is 4.18 Å². The van der Waals surface area contributed by atoms with E-state index in [9.17, 15) is 18.1 Å². The smallest absolute Gasteiger partial charge is 0.217 e. The van der Waals surface area contributed by atoms with E-state index < -0.39 is 10.4 Å². The van der Waals surface area contributed by atoms with E-state index in [1.54, 1.807) is 24.3 Å². The standard InChI is InChI=1S/C22H22O5S2/c1-17-6-8-18(9-7-17)15-28(22-12-10-21(23)11-13-22)16-20-5-3-2-4-19(20)14-27-29(24,25)26/h2-13H,14-16H2,1H3,(H-,23,24,25,26). The maximum absolute atomic E-state index is 10.9. The van der Waals surface area contributed by atoms with Gasteiger partial charge >= 0.3 is 0 Å². The molecule has 0 radical (unpaired) electrons. The predicted octanol–water partition coefficient (Wildman–Crippen LogP) is 4.06. The number of phenols is 1. The quantitative estimate of drug-likeness (QED) is 0.331. The molecule has 0 saturated carbocycles. The molecular formula is C22H22O5S2. The fourth-order valence-electron chi connectivity index (χ4n) is 2.90. The zero-order valence-corrected chi connectivity index (χ0v) is 17.6. The first-order valence-corrected chi connectivity index (χ1v) is 11.9. The van der Waals surface area contributed by atoms with Gasteiger partial charge in [-0.2, -0.15) is 0 Å². The van der Waals surface area contributed by atoms with Crippen LogP contribution in [0.1, 0.15) is 22.3 Å². The molecular weight excluding hydrogens is 408 g/mol. The van der Waals surface area contributed by atoms with Crippen molar-refractivity contribution in [1.82, 2.24) is 0 Å². The van der Waals surface area contributed by atoms with Crippen molar-refractivity contribution >= 4 is 21.3 Å². The lowest BCUT2D eigenvalue weighted by Crippen LogP contribution is -2.12. The summed E-state index contributed by atoms with van der Waals surface area (Å²) in [7, 11) is -4.99. The molecule has 0 bridgehead atoms. The Balaban J connectivity index is 1.88. The van der Waals surface area contributed by atoms with Crippen molar-refractivity contribution in [1.29, 1.82) is 0 Å². The van der Waals surface area contributed by atoms with E-state index in [4.69, 9.17) is 0 Å². The maximum Gasteiger partial charge on any atom is 0.217 e. The summed E-state index contributed by atoms with van der Waals surface area (Å²) < 4.78 is 37.1. The van der Waals surface area contributed by atoms with Crippen molar-refractivity contribution < 1.29 is 22.3 Å². The van der Waals surface area contributed by atoms with Gasteiger partial charge in [-0.25, -0.2) is 8.42 Å². The fraction of sp³-hybridized carbons (Fsp3) is 0.182. The molecule has 0 aliphatic heterocycles. The van der Waals surface area contributed by atoms with Gasteiger partial charge in [0.25, 0.3) is 0 Å². The largest absolute Gasteiger partial charge is 0.726 e. The molecule has 7 heteroatoms. The second kappa shape index (κ2) is 9.45. The van der Waals surface area contributed by atoms with Crippen LogP contribution in [0.25, 0.3) is 0 Å². The highest BCUT2D eigenvalue weighted by Crippen LogP contribution is 2.27. The van der Waals surface area contributed by atoms with Gasteiger partial charge in [0.2, 0.25) is 10.4 Å². The molecule has 1 atom stereocenters. The van der Waals surface area contributed by atoms with Crippen LogP contribution in [0, 0.1) is 6.92 Å². The van der Waals surface area contributed by atoms with Crippen molar-refractivity contribution in [2.75, 3.05) is 0 Å². The molecule has 0 heterocycles. The maximum atomic E-state index is 10.9. The zero-order chi connectivity index (χ0) is 20.9. The second-order valence-corrected chi connectivity index (χ2v) is 9.79. The van der Waals surface area contributed by atoms with Gasteiger partial charge in [-0.05, 0) is 36.8 Å². The highest BCUT2D eigenvalue weighted by Gasteiger charge is 2.24. The topological polar surface area (TPSA) is 86.7 Å². The van der Waals surface area contributed by atoms with Crippen LogP contribution in [-0.4, -0.2) is 18.1 Å². The summed E-state index contributed by atoms with van der Waals surface area (Å²) >= 11 is 0. The van der Waals surface area contributed by atoms with Crippen LogP contribution in [0.5, 0.6) is 5.75 Å². The lowest BCUT2D eigenvalue weighted by atomic mass is 10.1. The zero-order valence-electron chi connectivity index (χ0n) is 15.9. The van der Waals surface area contributed by atoms with Gasteiger partial charge in [0.15, 0.2) is 4.90 Å². The van der Waals surface area contributed by atoms with Gasteiger partial charge in [0.05, 0.1) is 6.61 Å². The average molecular weight is 431 g/mol. The number of hydrogen-bond acceptors (Lipinski definition) is 5. The molecule has 1 N–H and O–H groups in total. The van der Waals surface area contributed by atoms with Crippen LogP contribution in [0.4, 0.5) is 0 Å². The molecule has 3 aromatic rings. The van der Waals surface area contributed by atoms with E-state index in [1.807, 2.05) is 31.2 Å². The van der Waals surface area contributed by atoms with Crippen molar-refractivity contribution in [3.8, 4) is 5.75 Å². The van der Waals surface area contributed by atoms with E-state index in [-0.39, 0.29) is 23.3 Å². The molecule has 0 fully saturated rings. The Kier molecular flexibility index (Phi) is 6.97. The highest BCUT2D eigenvalue weighted by atomic mass is 32.3. The molecule has 0 aliphatic carbocycles. The van der Waals surface area contributed by atoms with Crippen LogP contribution >= 0.6 is 0 Å². The number of aryl methyl sites for hydroxylation is 1. The Hall–Kier alpha value is -2.32. The number of phenolic OH excluding ortho intramolecular Hbond substituents is 1. The molecule has 1 unspecified atom stereocenters. The van der Waals surface area contributed by atoms with Gasteiger partial charge in [-0.1, -0.05) is 54.1 Å². The normalized spacial score (nSPS) is 12.6. The van der Waals surface area contributed by atoms with E-state index in [1.165, 1.54) is 11.1 Å². The second-order valence-electron chi connectivity index (χ2n) is 6.70. The first kappa shape index (κ1) is 21.4. The molecule has 0 spiro atoms. The molecule has 29 heavy (non-hydrogen) atoms. The summed E-state index contributed by atoms with van der Waals surface area (Å²) in [5.41, 5.74) is 3.99. The van der Waals surface area contributed by atoms with E-state index in [0.717, 1.165) is 16.2 Å². The van der Waals surface area contributed by atoms with Crippen molar-refractivity contribution in [3.63, 3.8) is 0 Å². The lowest BCUT2D eigenvalue weighted by Gasteiger charge is -2.14. The predicted molar refractivity (Wildman–Crippen MR) is 113 cm³/mol. The summed E-state index contributed by atoms with van der Waals surface area (Å²) in [6.07, 6.45) is 0. The van der Waals surface area contributed by atoms with Crippen LogP contribution in [-0.2, 0) is 43.6 Å². The minimum absolute atomic E-state index is 0.210. The van der Waals surface area contributed by atoms with Crippen LogP contribution in [0.2, 0.25) is 0 Å². The Morgan fingerprint density at radius 1 is 0.897 bits per heavy atom. The average Bonchev–Trinajstić information content (AvgIpc) is 2.68. The van der Waals surface area contributed by atoms with Crippen LogP contribution in [0.3, 0.4) is 0 Å². The Morgan fingerprint density at radius 3 is 2.14 bits per heavy atom. The highest BCUT2D eigenvalue weighted by molar-refractivity contribution is 7.95. The molecule has 3 rings (SSSR count). The summed E-state index contributed by atoms with van der Waals surface area (Å²) in [5.74, 6) is 1.68. The molecule has 0 amide bonds. The molecule has 0 saturated heterocycles. The molecule has 0 aliphatic rings. The first-order valence-electron chi connectivity index (χ1n) is 8.99. The summed E-state index contributed by atoms with van der Waals surface area (Å²) in [5, 5.41) is 9.64. The third-order valence-corrected chi connectivity index (χ3v) is 7.13. The van der Waals surface area contributed by atoms with E-state index in [0.29, 0.717) is 11.3 Å². The van der Waals surface area contributed by atoms with Gasteiger partial charge in [0, 0.05) is 22.0 Å². The monoisotopic (exact) mass is 430 g/mol. The third-order valence-electron chi connectivity index (χ3n) is 4.44. The van der Waals surface area contributed by atoms with Crippen molar-refractivity contribution in [2.45, 2.75) is 29.9 Å². The summed E-state index contributed by atoms with van der Waals surface area (Å²) in [4.78, 5) is 1.09. The SMILES string of the molecule is Cc1ccc(C[S+](Cc2ccccc2COS(=O)(=O)[O-])c2ccc(O)cc2)cc1. The minimum atomic E-state index is -4.75. The Morgan fingerprint density at radius 2 is 1.52 bits per heavy atom. The van der Waals surface area contributed by atoms with Gasteiger partial charge in [-0.15, -0.1) is 0 Å².